The molecule has 1 aliphatic carbocycles. The summed E-state index contributed by atoms with van der Waals surface area (Å²) in [6, 6.07) is 4.52. The number of nitrogens with one attached hydrogen (secondary N) is 2. The second-order valence-corrected chi connectivity index (χ2v) is 8.46. The lowest BCUT2D eigenvalue weighted by molar-refractivity contribution is -0.135. The van der Waals surface area contributed by atoms with Gasteiger partial charge in [0.2, 0.25) is 5.91 Å². The number of hydrogen-bond donors (Lipinski definition) is 2. The fourth-order valence-corrected chi connectivity index (χ4v) is 4.37. The van der Waals surface area contributed by atoms with Crippen LogP contribution in [0.4, 0.5) is 4.79 Å². The highest BCUT2D eigenvalue weighted by atomic mass is 16.5. The summed E-state index contributed by atoms with van der Waals surface area (Å²) in [4.78, 5) is 39.3. The van der Waals surface area contributed by atoms with Crippen molar-refractivity contribution in [3.63, 3.8) is 0 Å². The van der Waals surface area contributed by atoms with Gasteiger partial charge in [0.1, 0.15) is 12.1 Å². The summed E-state index contributed by atoms with van der Waals surface area (Å²) in [6.07, 6.45) is 3.14. The summed E-state index contributed by atoms with van der Waals surface area (Å²) in [7, 11) is 3.03. The number of carbonyl (C=O) groups is 3. The van der Waals surface area contributed by atoms with E-state index in [9.17, 15) is 14.4 Å². The van der Waals surface area contributed by atoms with Crippen molar-refractivity contribution in [1.82, 2.24) is 15.5 Å². The summed E-state index contributed by atoms with van der Waals surface area (Å²) >= 11 is 0. The van der Waals surface area contributed by atoms with E-state index >= 15 is 0 Å². The summed E-state index contributed by atoms with van der Waals surface area (Å²) in [5, 5.41) is 5.74. The van der Waals surface area contributed by atoms with Crippen LogP contribution < -0.4 is 20.1 Å². The molecule has 2 fully saturated rings. The maximum absolute atomic E-state index is 13.1. The Labute approximate surface area is 177 Å². The molecule has 1 aliphatic heterocycles. The molecule has 1 aromatic rings. The van der Waals surface area contributed by atoms with Crippen LogP contribution in [0.15, 0.2) is 18.2 Å². The topological polar surface area (TPSA) is 97.0 Å². The van der Waals surface area contributed by atoms with E-state index in [0.717, 1.165) is 24.2 Å². The molecule has 2 N–H and O–H groups in total. The molecule has 2 aliphatic rings. The highest BCUT2D eigenvalue weighted by Crippen LogP contribution is 2.35. The Balaban J connectivity index is 1.73. The second-order valence-electron chi connectivity index (χ2n) is 8.46. The molecule has 4 amide bonds. The molecule has 4 unspecified atom stereocenters. The predicted molar refractivity (Wildman–Crippen MR) is 111 cm³/mol. The minimum absolute atomic E-state index is 0.0687. The number of carbonyl (C=O) groups excluding carboxylic acids is 3. The third-order valence-electron chi connectivity index (χ3n) is 6.59. The Kier molecular flexibility index (Phi) is 6.24. The largest absolute Gasteiger partial charge is 0.493 e. The smallest absolute Gasteiger partial charge is 0.325 e. The molecule has 1 aromatic carbocycles. The minimum Gasteiger partial charge on any atom is -0.493 e. The van der Waals surface area contributed by atoms with Crippen LogP contribution in [0.3, 0.4) is 0 Å². The zero-order valence-electron chi connectivity index (χ0n) is 18.3. The van der Waals surface area contributed by atoms with Crippen molar-refractivity contribution in [2.75, 3.05) is 20.8 Å². The van der Waals surface area contributed by atoms with E-state index in [-0.39, 0.29) is 18.5 Å². The molecule has 164 valence electrons. The Hall–Kier alpha value is -2.77. The van der Waals surface area contributed by atoms with Gasteiger partial charge in [-0.15, -0.1) is 0 Å². The van der Waals surface area contributed by atoms with Crippen molar-refractivity contribution in [3.8, 4) is 11.5 Å². The lowest BCUT2D eigenvalue weighted by Crippen LogP contribution is -2.48. The van der Waals surface area contributed by atoms with Gasteiger partial charge in [0.05, 0.1) is 14.2 Å². The molecule has 0 bridgehead atoms. The summed E-state index contributed by atoms with van der Waals surface area (Å²) in [5.41, 5.74) is -0.736. The molecule has 1 heterocycles. The zero-order valence-corrected chi connectivity index (χ0v) is 18.3. The third kappa shape index (κ3) is 3.95. The van der Waals surface area contributed by atoms with Crippen molar-refractivity contribution < 1.29 is 23.9 Å². The zero-order chi connectivity index (χ0) is 22.1. The van der Waals surface area contributed by atoms with E-state index in [2.05, 4.69) is 24.5 Å². The molecular formula is C22H31N3O5. The Morgan fingerprint density at radius 3 is 2.57 bits per heavy atom. The normalized spacial score (nSPS) is 28.8. The number of methoxy groups -OCH3 is 2. The summed E-state index contributed by atoms with van der Waals surface area (Å²) < 4.78 is 10.5. The monoisotopic (exact) mass is 417 g/mol. The molecule has 1 saturated heterocycles. The van der Waals surface area contributed by atoms with Crippen LogP contribution in [0, 0.1) is 11.8 Å². The van der Waals surface area contributed by atoms with Crippen LogP contribution in [-0.4, -0.2) is 49.6 Å². The van der Waals surface area contributed by atoms with Gasteiger partial charge in [-0.25, -0.2) is 4.79 Å². The minimum atomic E-state index is -1.29. The molecule has 3 rings (SSSR count). The SMILES string of the molecule is COc1ccc(C2(C)NC(=O)N(CC(=O)NC3CCCC(C)C3C)C2=O)cc1OC. The van der Waals surface area contributed by atoms with Gasteiger partial charge in [0.15, 0.2) is 11.5 Å². The first-order chi connectivity index (χ1) is 14.2. The van der Waals surface area contributed by atoms with Crippen LogP contribution in [0.25, 0.3) is 0 Å². The van der Waals surface area contributed by atoms with Gasteiger partial charge in [-0.05, 0) is 42.9 Å². The first-order valence-electron chi connectivity index (χ1n) is 10.4. The van der Waals surface area contributed by atoms with E-state index in [4.69, 9.17) is 9.47 Å². The number of rotatable bonds is 6. The van der Waals surface area contributed by atoms with Crippen molar-refractivity contribution in [2.24, 2.45) is 11.8 Å². The molecule has 0 aromatic heterocycles. The van der Waals surface area contributed by atoms with Crippen molar-refractivity contribution >= 4 is 17.8 Å². The predicted octanol–water partition coefficient (Wildman–Crippen LogP) is 2.41. The van der Waals surface area contributed by atoms with Crippen LogP contribution in [-0.2, 0) is 15.1 Å². The van der Waals surface area contributed by atoms with E-state index in [0.29, 0.717) is 28.9 Å². The van der Waals surface area contributed by atoms with Gasteiger partial charge in [0.25, 0.3) is 5.91 Å². The molecular weight excluding hydrogens is 386 g/mol. The van der Waals surface area contributed by atoms with Crippen LogP contribution in [0.5, 0.6) is 11.5 Å². The van der Waals surface area contributed by atoms with Gasteiger partial charge >= 0.3 is 6.03 Å². The van der Waals surface area contributed by atoms with Gasteiger partial charge in [-0.3, -0.25) is 14.5 Å². The van der Waals surface area contributed by atoms with Crippen molar-refractivity contribution in [1.29, 1.82) is 0 Å². The lowest BCUT2D eigenvalue weighted by Gasteiger charge is -2.34. The standard InChI is InChI=1S/C22H31N3O5/c1-13-7-6-8-16(14(13)2)23-19(26)12-25-20(27)22(3,24-21(25)28)15-9-10-17(29-4)18(11-15)30-5/h9-11,13-14,16H,6-8,12H2,1-5H3,(H,23,26)(H,24,28). The van der Waals surface area contributed by atoms with E-state index in [1.54, 1.807) is 25.1 Å². The fraction of sp³-hybridized carbons (Fsp3) is 0.591. The number of amides is 4. The average molecular weight is 418 g/mol. The first kappa shape index (κ1) is 21.9. The fourth-order valence-electron chi connectivity index (χ4n) is 4.37. The Morgan fingerprint density at radius 2 is 1.90 bits per heavy atom. The highest BCUT2D eigenvalue weighted by Gasteiger charge is 2.50. The first-order valence-corrected chi connectivity index (χ1v) is 10.4. The number of imide groups is 1. The average Bonchev–Trinajstić information content (AvgIpc) is 2.94. The lowest BCUT2D eigenvalue weighted by atomic mass is 9.78. The molecule has 0 radical (unpaired) electrons. The maximum atomic E-state index is 13.1. The number of urea groups is 1. The molecule has 30 heavy (non-hydrogen) atoms. The van der Waals surface area contributed by atoms with E-state index < -0.39 is 17.5 Å². The summed E-state index contributed by atoms with van der Waals surface area (Å²) in [6.45, 7) is 5.65. The number of ether oxygens (including phenoxy) is 2. The van der Waals surface area contributed by atoms with Gasteiger partial charge in [0, 0.05) is 6.04 Å². The van der Waals surface area contributed by atoms with Crippen LogP contribution in [0.1, 0.15) is 45.6 Å². The van der Waals surface area contributed by atoms with Crippen LogP contribution in [0.2, 0.25) is 0 Å². The number of hydrogen-bond acceptors (Lipinski definition) is 5. The Morgan fingerprint density at radius 1 is 1.20 bits per heavy atom. The second kappa shape index (κ2) is 8.53. The summed E-state index contributed by atoms with van der Waals surface area (Å²) in [5.74, 6) is 1.08. The number of nitrogens with zero attached hydrogens (tertiary/aromatic N) is 1. The molecule has 1 saturated carbocycles. The maximum Gasteiger partial charge on any atom is 0.325 e. The van der Waals surface area contributed by atoms with Gasteiger partial charge < -0.3 is 20.1 Å². The molecule has 8 heteroatoms. The molecule has 8 nitrogen and oxygen atoms in total. The van der Waals surface area contributed by atoms with Gasteiger partial charge in [-0.2, -0.15) is 0 Å². The quantitative estimate of drug-likeness (QED) is 0.693. The third-order valence-corrected chi connectivity index (χ3v) is 6.59. The van der Waals surface area contributed by atoms with Gasteiger partial charge in [-0.1, -0.05) is 32.8 Å². The van der Waals surface area contributed by atoms with E-state index in [1.807, 2.05) is 0 Å². The van der Waals surface area contributed by atoms with Crippen LogP contribution >= 0.6 is 0 Å². The highest BCUT2D eigenvalue weighted by molar-refractivity contribution is 6.09. The molecule has 0 spiro atoms. The van der Waals surface area contributed by atoms with E-state index in [1.165, 1.54) is 14.2 Å². The molecule has 4 atom stereocenters. The van der Waals surface area contributed by atoms with Crippen molar-refractivity contribution in [3.05, 3.63) is 23.8 Å². The van der Waals surface area contributed by atoms with Crippen molar-refractivity contribution in [2.45, 2.75) is 51.6 Å². The number of benzene rings is 1. The Bertz CT molecular complexity index is 842.